The van der Waals surface area contributed by atoms with Gasteiger partial charge in [0.05, 0.1) is 11.5 Å². The van der Waals surface area contributed by atoms with Gasteiger partial charge < -0.3 is 20.4 Å². The number of carbonyl (C=O) groups is 3. The summed E-state index contributed by atoms with van der Waals surface area (Å²) in [7, 11) is -3.17. The number of nitrogens with zero attached hydrogens (tertiary/aromatic N) is 1. The molecule has 0 aromatic carbocycles. The van der Waals surface area contributed by atoms with Crippen LogP contribution in [0.15, 0.2) is 0 Å². The highest BCUT2D eigenvalue weighted by Gasteiger charge is 2.26. The summed E-state index contributed by atoms with van der Waals surface area (Å²) >= 11 is 0. The van der Waals surface area contributed by atoms with Crippen LogP contribution in [0, 0.1) is 0 Å². The van der Waals surface area contributed by atoms with E-state index in [1.807, 2.05) is 0 Å². The topological polar surface area (TPSA) is 141 Å². The van der Waals surface area contributed by atoms with Crippen molar-refractivity contribution in [2.45, 2.75) is 25.3 Å². The van der Waals surface area contributed by atoms with E-state index < -0.39 is 33.8 Å². The van der Waals surface area contributed by atoms with Gasteiger partial charge in [0, 0.05) is 19.5 Å². The third-order valence-corrected chi connectivity index (χ3v) is 4.80. The van der Waals surface area contributed by atoms with Gasteiger partial charge in [0.2, 0.25) is 0 Å². The molecule has 1 aliphatic heterocycles. The lowest BCUT2D eigenvalue weighted by molar-refractivity contribution is -0.140. The maximum atomic E-state index is 11.9. The van der Waals surface area contributed by atoms with Crippen molar-refractivity contribution in [3.8, 4) is 0 Å². The van der Waals surface area contributed by atoms with E-state index in [1.54, 1.807) is 0 Å². The lowest BCUT2D eigenvalue weighted by Crippen LogP contribution is -2.48. The first-order valence-electron chi connectivity index (χ1n) is 6.42. The molecule has 0 aromatic heterocycles. The maximum absolute atomic E-state index is 11.9. The fourth-order valence-electron chi connectivity index (χ4n) is 1.91. The van der Waals surface area contributed by atoms with Crippen molar-refractivity contribution in [3.63, 3.8) is 0 Å². The van der Waals surface area contributed by atoms with Crippen LogP contribution in [0.25, 0.3) is 0 Å². The Morgan fingerprint density at radius 3 is 2.38 bits per heavy atom. The van der Waals surface area contributed by atoms with Crippen molar-refractivity contribution in [2.24, 2.45) is 0 Å². The molecule has 1 atom stereocenters. The minimum Gasteiger partial charge on any atom is -0.481 e. The number of hydrogen-bond acceptors (Lipinski definition) is 5. The number of nitrogens with one attached hydrogen (secondary N) is 1. The Morgan fingerprint density at radius 2 is 1.81 bits per heavy atom. The van der Waals surface area contributed by atoms with Gasteiger partial charge in [0.15, 0.2) is 9.84 Å². The van der Waals surface area contributed by atoms with E-state index in [9.17, 15) is 22.8 Å². The number of amides is 2. The van der Waals surface area contributed by atoms with Crippen molar-refractivity contribution >= 4 is 27.8 Å². The van der Waals surface area contributed by atoms with Crippen LogP contribution in [0.3, 0.4) is 0 Å². The van der Waals surface area contributed by atoms with Gasteiger partial charge in [-0.05, 0) is 12.8 Å². The van der Waals surface area contributed by atoms with Gasteiger partial charge in [-0.2, -0.15) is 0 Å². The quantitative estimate of drug-likeness (QED) is 0.597. The third-order valence-electron chi connectivity index (χ3n) is 3.09. The Bertz CT molecular complexity index is 517. The molecule has 0 radical (unpaired) electrons. The molecule has 0 saturated carbocycles. The molecule has 9 nitrogen and oxygen atoms in total. The molecule has 0 bridgehead atoms. The monoisotopic (exact) mass is 322 g/mol. The summed E-state index contributed by atoms with van der Waals surface area (Å²) in [5.41, 5.74) is 0. The normalized spacial score (nSPS) is 19.3. The van der Waals surface area contributed by atoms with Crippen molar-refractivity contribution < 1.29 is 33.0 Å². The number of carboxylic acid groups (broad SMARTS) is 2. The fraction of sp³-hybridized carbons (Fsp3) is 0.727. The van der Waals surface area contributed by atoms with Crippen molar-refractivity contribution in [1.29, 1.82) is 0 Å². The van der Waals surface area contributed by atoms with Gasteiger partial charge in [-0.3, -0.25) is 4.79 Å². The summed E-state index contributed by atoms with van der Waals surface area (Å²) in [5, 5.41) is 19.7. The Labute approximate surface area is 121 Å². The van der Waals surface area contributed by atoms with E-state index in [0.717, 1.165) is 0 Å². The zero-order valence-corrected chi connectivity index (χ0v) is 12.1. The van der Waals surface area contributed by atoms with E-state index in [-0.39, 0.29) is 37.4 Å². The smallest absolute Gasteiger partial charge is 0.326 e. The molecule has 1 heterocycles. The lowest BCUT2D eigenvalue weighted by Gasteiger charge is -2.23. The van der Waals surface area contributed by atoms with E-state index in [4.69, 9.17) is 10.2 Å². The van der Waals surface area contributed by atoms with E-state index >= 15 is 0 Å². The molecule has 1 saturated heterocycles. The molecule has 1 aliphatic rings. The predicted molar refractivity (Wildman–Crippen MR) is 71.7 cm³/mol. The van der Waals surface area contributed by atoms with Crippen LogP contribution >= 0.6 is 0 Å². The summed E-state index contributed by atoms with van der Waals surface area (Å²) in [6.07, 6.45) is -0.323. The van der Waals surface area contributed by atoms with Crippen LogP contribution in [-0.4, -0.2) is 72.1 Å². The Balaban J connectivity index is 2.60. The van der Waals surface area contributed by atoms with Crippen LogP contribution in [0.5, 0.6) is 0 Å². The van der Waals surface area contributed by atoms with E-state index in [2.05, 4.69) is 5.32 Å². The minimum atomic E-state index is -3.17. The summed E-state index contributed by atoms with van der Waals surface area (Å²) < 4.78 is 22.9. The summed E-state index contributed by atoms with van der Waals surface area (Å²) in [6, 6.07) is -2.00. The van der Waals surface area contributed by atoms with Gasteiger partial charge in [0.25, 0.3) is 0 Å². The zero-order chi connectivity index (χ0) is 16.0. The average Bonchev–Trinajstić information content (AvgIpc) is 2.54. The van der Waals surface area contributed by atoms with Crippen LogP contribution in [0.2, 0.25) is 0 Å². The van der Waals surface area contributed by atoms with Crippen LogP contribution in [0.4, 0.5) is 4.79 Å². The lowest BCUT2D eigenvalue weighted by atomic mass is 10.1. The van der Waals surface area contributed by atoms with Gasteiger partial charge in [-0.15, -0.1) is 0 Å². The number of aliphatic carboxylic acids is 2. The highest BCUT2D eigenvalue weighted by Crippen LogP contribution is 2.06. The highest BCUT2D eigenvalue weighted by atomic mass is 32.2. The molecule has 1 rings (SSSR count). The molecule has 21 heavy (non-hydrogen) atoms. The molecule has 0 aromatic rings. The second kappa shape index (κ2) is 7.25. The largest absolute Gasteiger partial charge is 0.481 e. The van der Waals surface area contributed by atoms with Gasteiger partial charge >= 0.3 is 18.0 Å². The predicted octanol–water partition coefficient (Wildman–Crippen LogP) is -0.865. The molecular weight excluding hydrogens is 304 g/mol. The second-order valence-electron chi connectivity index (χ2n) is 4.77. The second-order valence-corrected chi connectivity index (χ2v) is 7.07. The first-order valence-corrected chi connectivity index (χ1v) is 8.24. The number of rotatable bonds is 5. The van der Waals surface area contributed by atoms with E-state index in [0.29, 0.717) is 6.42 Å². The Morgan fingerprint density at radius 1 is 1.14 bits per heavy atom. The number of carbonyl (C=O) groups excluding carboxylic acids is 1. The van der Waals surface area contributed by atoms with Crippen LogP contribution in [-0.2, 0) is 19.4 Å². The molecule has 3 N–H and O–H groups in total. The van der Waals surface area contributed by atoms with Crippen molar-refractivity contribution in [2.75, 3.05) is 24.6 Å². The molecule has 2 amide bonds. The summed E-state index contributed by atoms with van der Waals surface area (Å²) in [4.78, 5) is 34.6. The first kappa shape index (κ1) is 17.2. The fourth-order valence-corrected chi connectivity index (χ4v) is 3.18. The zero-order valence-electron chi connectivity index (χ0n) is 11.3. The Hall–Kier alpha value is -1.84. The summed E-state index contributed by atoms with van der Waals surface area (Å²) in [6.45, 7) is 0.218. The van der Waals surface area contributed by atoms with Crippen LogP contribution in [0.1, 0.15) is 19.3 Å². The average molecular weight is 322 g/mol. The maximum Gasteiger partial charge on any atom is 0.326 e. The van der Waals surface area contributed by atoms with E-state index in [1.165, 1.54) is 4.90 Å². The van der Waals surface area contributed by atoms with Gasteiger partial charge in [-0.1, -0.05) is 0 Å². The number of sulfone groups is 1. The first-order chi connectivity index (χ1) is 9.71. The standard InChI is InChI=1S/C11H18N2O7S/c14-9(15)3-2-8(10(16)17)12-11(18)13-4-1-6-21(19,20)7-5-13/h8H,1-7H2,(H,12,18)(H,14,15)(H,16,17)/t8-/m0/s1. The van der Waals surface area contributed by atoms with Crippen LogP contribution < -0.4 is 5.32 Å². The number of carboxylic acids is 2. The number of urea groups is 1. The highest BCUT2D eigenvalue weighted by molar-refractivity contribution is 7.91. The molecular formula is C11H18N2O7S. The number of hydrogen-bond donors (Lipinski definition) is 3. The third kappa shape index (κ3) is 5.98. The molecule has 120 valence electrons. The molecule has 10 heteroatoms. The summed E-state index contributed by atoms with van der Waals surface area (Å²) in [5.74, 6) is -2.64. The molecule has 0 aliphatic carbocycles. The molecule has 1 fully saturated rings. The van der Waals surface area contributed by atoms with Gasteiger partial charge in [-0.25, -0.2) is 18.0 Å². The van der Waals surface area contributed by atoms with Gasteiger partial charge in [0.1, 0.15) is 6.04 Å². The SMILES string of the molecule is O=C(O)CC[C@H](NC(=O)N1CCCS(=O)(=O)CC1)C(=O)O. The van der Waals surface area contributed by atoms with Crippen molar-refractivity contribution in [1.82, 2.24) is 10.2 Å². The molecule has 0 unspecified atom stereocenters. The van der Waals surface area contributed by atoms with Crippen molar-refractivity contribution in [3.05, 3.63) is 0 Å². The minimum absolute atomic E-state index is 0.000559. The Kier molecular flexibility index (Phi) is 5.94. The molecule has 0 spiro atoms.